The van der Waals surface area contributed by atoms with E-state index in [4.69, 9.17) is 5.73 Å². The van der Waals surface area contributed by atoms with Gasteiger partial charge in [0.1, 0.15) is 0 Å². The molecule has 0 aliphatic carbocycles. The predicted octanol–water partition coefficient (Wildman–Crippen LogP) is 1.98. The van der Waals surface area contributed by atoms with Crippen LogP contribution in [-0.4, -0.2) is 9.97 Å². The minimum Gasteiger partial charge on any atom is -0.397 e. The van der Waals surface area contributed by atoms with Crippen LogP contribution < -0.4 is 11.1 Å². The van der Waals surface area contributed by atoms with Crippen molar-refractivity contribution in [3.63, 3.8) is 0 Å². The van der Waals surface area contributed by atoms with Crippen molar-refractivity contribution in [1.29, 1.82) is 0 Å². The Kier molecular flexibility index (Phi) is 3.00. The van der Waals surface area contributed by atoms with E-state index in [1.54, 1.807) is 12.4 Å². The first kappa shape index (κ1) is 10.4. The van der Waals surface area contributed by atoms with Crippen molar-refractivity contribution in [3.05, 3.63) is 48.0 Å². The Morgan fingerprint density at radius 2 is 2.12 bits per heavy atom. The lowest BCUT2D eigenvalue weighted by molar-refractivity contribution is 1.08. The van der Waals surface area contributed by atoms with E-state index in [0.717, 1.165) is 23.5 Å². The number of anilines is 2. The molecule has 0 aliphatic heterocycles. The molecule has 2 aromatic rings. The van der Waals surface area contributed by atoms with Gasteiger partial charge in [-0.3, -0.25) is 9.97 Å². The highest BCUT2D eigenvalue weighted by Gasteiger charge is 1.95. The molecule has 0 unspecified atom stereocenters. The molecule has 0 aromatic carbocycles. The Labute approximate surface area is 94.5 Å². The highest BCUT2D eigenvalue weighted by atomic mass is 14.9. The van der Waals surface area contributed by atoms with Crippen LogP contribution in [0, 0.1) is 6.92 Å². The second kappa shape index (κ2) is 4.61. The maximum Gasteiger partial charge on any atom is 0.0550 e. The van der Waals surface area contributed by atoms with Gasteiger partial charge in [-0.15, -0.1) is 0 Å². The van der Waals surface area contributed by atoms with Crippen LogP contribution in [0.5, 0.6) is 0 Å². The average molecular weight is 214 g/mol. The first-order chi connectivity index (χ1) is 7.74. The maximum atomic E-state index is 5.63. The average Bonchev–Trinajstić information content (AvgIpc) is 2.28. The Morgan fingerprint density at radius 1 is 1.25 bits per heavy atom. The quantitative estimate of drug-likeness (QED) is 0.820. The van der Waals surface area contributed by atoms with E-state index in [9.17, 15) is 0 Å². The largest absolute Gasteiger partial charge is 0.397 e. The molecule has 2 rings (SSSR count). The summed E-state index contributed by atoms with van der Waals surface area (Å²) >= 11 is 0. The summed E-state index contributed by atoms with van der Waals surface area (Å²) < 4.78 is 0. The Bertz CT molecular complexity index is 465. The number of nitrogens with zero attached hydrogens (tertiary/aromatic N) is 2. The second-order valence-electron chi connectivity index (χ2n) is 3.67. The molecule has 4 nitrogen and oxygen atoms in total. The first-order valence-electron chi connectivity index (χ1n) is 5.10. The van der Waals surface area contributed by atoms with Gasteiger partial charge in [0.2, 0.25) is 0 Å². The number of nitrogens with two attached hydrogens (primary N) is 1. The first-order valence-corrected chi connectivity index (χ1v) is 5.10. The van der Waals surface area contributed by atoms with Crippen molar-refractivity contribution < 1.29 is 0 Å². The molecule has 0 spiro atoms. The van der Waals surface area contributed by atoms with Gasteiger partial charge in [-0.1, -0.05) is 6.07 Å². The van der Waals surface area contributed by atoms with Crippen LogP contribution in [0.15, 0.2) is 36.8 Å². The van der Waals surface area contributed by atoms with Crippen molar-refractivity contribution in [1.82, 2.24) is 9.97 Å². The van der Waals surface area contributed by atoms with Crippen LogP contribution in [-0.2, 0) is 6.54 Å². The number of aromatic nitrogens is 2. The van der Waals surface area contributed by atoms with E-state index in [0.29, 0.717) is 5.69 Å². The van der Waals surface area contributed by atoms with Crippen LogP contribution in [0.3, 0.4) is 0 Å². The predicted molar refractivity (Wildman–Crippen MR) is 65.0 cm³/mol. The lowest BCUT2D eigenvalue weighted by Crippen LogP contribution is -2.01. The second-order valence-corrected chi connectivity index (χ2v) is 3.67. The van der Waals surface area contributed by atoms with Gasteiger partial charge in [0, 0.05) is 24.6 Å². The smallest absolute Gasteiger partial charge is 0.0550 e. The molecular formula is C12H14N4. The fourth-order valence-corrected chi connectivity index (χ4v) is 1.36. The molecular weight excluding hydrogens is 200 g/mol. The number of nitrogens with one attached hydrogen (secondary N) is 1. The van der Waals surface area contributed by atoms with E-state index in [-0.39, 0.29) is 0 Å². The highest BCUT2D eigenvalue weighted by Crippen LogP contribution is 2.10. The third-order valence-electron chi connectivity index (χ3n) is 2.23. The number of hydrogen-bond donors (Lipinski definition) is 2. The van der Waals surface area contributed by atoms with Crippen LogP contribution >= 0.6 is 0 Å². The number of aryl methyl sites for hydroxylation is 1. The van der Waals surface area contributed by atoms with Gasteiger partial charge < -0.3 is 11.1 Å². The van der Waals surface area contributed by atoms with Crippen LogP contribution in [0.4, 0.5) is 11.4 Å². The summed E-state index contributed by atoms with van der Waals surface area (Å²) in [5.74, 6) is 0. The van der Waals surface area contributed by atoms with E-state index < -0.39 is 0 Å². The topological polar surface area (TPSA) is 63.8 Å². The summed E-state index contributed by atoms with van der Waals surface area (Å²) in [6, 6.07) is 5.90. The van der Waals surface area contributed by atoms with Crippen LogP contribution in [0.1, 0.15) is 11.3 Å². The number of pyridine rings is 2. The molecule has 3 N–H and O–H groups in total. The molecule has 0 radical (unpaired) electrons. The number of hydrogen-bond acceptors (Lipinski definition) is 4. The number of nitrogen functional groups attached to an aromatic ring is 1. The minimum atomic E-state index is 0.659. The van der Waals surface area contributed by atoms with E-state index in [1.165, 1.54) is 0 Å². The summed E-state index contributed by atoms with van der Waals surface area (Å²) in [5, 5.41) is 3.24. The lowest BCUT2D eigenvalue weighted by atomic mass is 10.2. The zero-order valence-corrected chi connectivity index (χ0v) is 9.14. The van der Waals surface area contributed by atoms with Crippen molar-refractivity contribution in [2.24, 2.45) is 0 Å². The summed E-state index contributed by atoms with van der Waals surface area (Å²) in [6.45, 7) is 2.69. The molecule has 0 bridgehead atoms. The van der Waals surface area contributed by atoms with Crippen molar-refractivity contribution in [2.45, 2.75) is 13.5 Å². The molecule has 4 heteroatoms. The van der Waals surface area contributed by atoms with E-state index in [2.05, 4.69) is 21.4 Å². The van der Waals surface area contributed by atoms with Gasteiger partial charge in [0.15, 0.2) is 0 Å². The molecule has 82 valence electrons. The van der Waals surface area contributed by atoms with Gasteiger partial charge >= 0.3 is 0 Å². The van der Waals surface area contributed by atoms with E-state index >= 15 is 0 Å². The highest BCUT2D eigenvalue weighted by molar-refractivity contribution is 5.51. The summed E-state index contributed by atoms with van der Waals surface area (Å²) in [4.78, 5) is 8.24. The molecule has 16 heavy (non-hydrogen) atoms. The van der Waals surface area contributed by atoms with Crippen LogP contribution in [0.25, 0.3) is 0 Å². The van der Waals surface area contributed by atoms with Gasteiger partial charge in [-0.05, 0) is 24.6 Å². The minimum absolute atomic E-state index is 0.659. The fraction of sp³-hybridized carbons (Fsp3) is 0.167. The standard InChI is InChI=1S/C12H14N4/c1-9-2-3-10(5-15-9)6-16-12-4-11(13)7-14-8-12/h2-5,7-8,16H,6,13H2,1H3. The number of rotatable bonds is 3. The molecule has 0 saturated heterocycles. The van der Waals surface area contributed by atoms with Gasteiger partial charge in [-0.25, -0.2) is 0 Å². The molecule has 2 aromatic heterocycles. The molecule has 0 saturated carbocycles. The Hall–Kier alpha value is -2.10. The summed E-state index contributed by atoms with van der Waals surface area (Å²) in [7, 11) is 0. The van der Waals surface area contributed by atoms with Crippen LogP contribution in [0.2, 0.25) is 0 Å². The molecule has 0 aliphatic rings. The molecule has 2 heterocycles. The van der Waals surface area contributed by atoms with E-state index in [1.807, 2.05) is 25.3 Å². The van der Waals surface area contributed by atoms with Crippen molar-refractivity contribution >= 4 is 11.4 Å². The lowest BCUT2D eigenvalue weighted by Gasteiger charge is -2.06. The Morgan fingerprint density at radius 3 is 2.81 bits per heavy atom. The monoisotopic (exact) mass is 214 g/mol. The van der Waals surface area contributed by atoms with Gasteiger partial charge in [0.25, 0.3) is 0 Å². The third kappa shape index (κ3) is 2.70. The van der Waals surface area contributed by atoms with Crippen molar-refractivity contribution in [2.75, 3.05) is 11.1 Å². The van der Waals surface area contributed by atoms with Gasteiger partial charge in [-0.2, -0.15) is 0 Å². The van der Waals surface area contributed by atoms with Gasteiger partial charge in [0.05, 0.1) is 17.6 Å². The summed E-state index contributed by atoms with van der Waals surface area (Å²) in [6.07, 6.45) is 5.23. The molecule has 0 amide bonds. The zero-order chi connectivity index (χ0) is 11.4. The zero-order valence-electron chi connectivity index (χ0n) is 9.14. The Balaban J connectivity index is 1.99. The maximum absolute atomic E-state index is 5.63. The molecule has 0 fully saturated rings. The SMILES string of the molecule is Cc1ccc(CNc2cncc(N)c2)cn1. The third-order valence-corrected chi connectivity index (χ3v) is 2.23. The van der Waals surface area contributed by atoms with Crippen molar-refractivity contribution in [3.8, 4) is 0 Å². The normalized spacial score (nSPS) is 10.1. The molecule has 0 atom stereocenters. The summed E-state index contributed by atoms with van der Waals surface area (Å²) in [5.41, 5.74) is 9.36. The fourth-order valence-electron chi connectivity index (χ4n) is 1.36.